The van der Waals surface area contributed by atoms with Gasteiger partial charge in [0, 0.05) is 7.05 Å². The van der Waals surface area contributed by atoms with E-state index in [1.54, 1.807) is 7.05 Å². The van der Waals surface area contributed by atoms with E-state index >= 15 is 0 Å². The molecule has 0 heterocycles. The van der Waals surface area contributed by atoms with Crippen LogP contribution in [0.1, 0.15) is 101 Å². The Labute approximate surface area is 260 Å². The van der Waals surface area contributed by atoms with E-state index in [1.807, 2.05) is 69.2 Å². The highest BCUT2D eigenvalue weighted by molar-refractivity contribution is 5.95. The van der Waals surface area contributed by atoms with Crippen molar-refractivity contribution in [1.82, 2.24) is 26.2 Å². The highest BCUT2D eigenvalue weighted by atomic mass is 16.4. The monoisotopic (exact) mass is 611 g/mol. The molecule has 0 bridgehead atoms. The Balaban J connectivity index is 6.12. The molecule has 0 unspecified atom stereocenters. The van der Waals surface area contributed by atoms with Crippen molar-refractivity contribution >= 4 is 29.6 Å². The second-order valence-electron chi connectivity index (χ2n) is 14.0. The minimum Gasteiger partial charge on any atom is -0.480 e. The van der Waals surface area contributed by atoms with Crippen LogP contribution < -0.4 is 21.3 Å². The molecule has 0 radical (unpaired) electrons. The zero-order valence-corrected chi connectivity index (χ0v) is 28.7. The summed E-state index contributed by atoms with van der Waals surface area (Å²) in [5.41, 5.74) is 0. The van der Waals surface area contributed by atoms with E-state index in [4.69, 9.17) is 0 Å². The lowest BCUT2D eigenvalue weighted by atomic mass is 9.97. The zero-order chi connectivity index (χ0) is 33.6. The van der Waals surface area contributed by atoms with Gasteiger partial charge in [0.25, 0.3) is 0 Å². The topological polar surface area (TPSA) is 157 Å². The van der Waals surface area contributed by atoms with Gasteiger partial charge in [-0.2, -0.15) is 0 Å². The van der Waals surface area contributed by atoms with Crippen LogP contribution in [0.25, 0.3) is 0 Å². The van der Waals surface area contributed by atoms with E-state index in [9.17, 15) is 29.1 Å². The maximum Gasteiger partial charge on any atom is 0.326 e. The Hall–Kier alpha value is -2.69. The fourth-order valence-corrected chi connectivity index (χ4v) is 5.02. The molecular formula is C32H61N5O6. The standard InChI is InChI=1S/C32H61N5O6/c1-18(2)13-23(33-11)28(38)34-24(14-19(3)4)29(39)35-25(15-20(5)6)31(41)37(12)27(17-22(9)10)30(40)36-26(32(42)43)16-21(7)8/h18-27,33H,13-17H2,1-12H3,(H,34,38)(H,35,39)(H,36,40)(H,42,43)/t23-,24+,25-,26+,27-/m1/s1. The van der Waals surface area contributed by atoms with E-state index in [0.29, 0.717) is 25.7 Å². The Bertz CT molecular complexity index is 905. The molecule has 5 atom stereocenters. The Kier molecular flexibility index (Phi) is 18.3. The third-order valence-corrected chi connectivity index (χ3v) is 7.17. The Morgan fingerprint density at radius 3 is 1.30 bits per heavy atom. The Morgan fingerprint density at radius 2 is 0.884 bits per heavy atom. The number of carbonyl (C=O) groups is 5. The van der Waals surface area contributed by atoms with Gasteiger partial charge in [-0.05, 0) is 68.7 Å². The second kappa shape index (κ2) is 19.6. The number of hydrogen-bond donors (Lipinski definition) is 5. The highest BCUT2D eigenvalue weighted by Gasteiger charge is 2.36. The highest BCUT2D eigenvalue weighted by Crippen LogP contribution is 2.17. The molecule has 5 N–H and O–H groups in total. The first-order valence-corrected chi connectivity index (χ1v) is 15.9. The van der Waals surface area contributed by atoms with Crippen molar-refractivity contribution in [3.8, 4) is 0 Å². The molecule has 43 heavy (non-hydrogen) atoms. The van der Waals surface area contributed by atoms with Crippen molar-refractivity contribution in [2.45, 2.75) is 132 Å². The summed E-state index contributed by atoms with van der Waals surface area (Å²) in [6.45, 7) is 19.4. The molecule has 0 saturated carbocycles. The van der Waals surface area contributed by atoms with Gasteiger partial charge < -0.3 is 31.3 Å². The van der Waals surface area contributed by atoms with Gasteiger partial charge >= 0.3 is 5.97 Å². The van der Waals surface area contributed by atoms with Gasteiger partial charge in [0.1, 0.15) is 24.2 Å². The molecule has 11 nitrogen and oxygen atoms in total. The summed E-state index contributed by atoms with van der Waals surface area (Å²) in [6.07, 6.45) is 1.89. The maximum atomic E-state index is 13.9. The summed E-state index contributed by atoms with van der Waals surface area (Å²) < 4.78 is 0. The summed E-state index contributed by atoms with van der Waals surface area (Å²) in [5.74, 6) is -2.35. The summed E-state index contributed by atoms with van der Waals surface area (Å²) >= 11 is 0. The van der Waals surface area contributed by atoms with Crippen LogP contribution in [0.2, 0.25) is 0 Å². The van der Waals surface area contributed by atoms with Crippen molar-refractivity contribution in [1.29, 1.82) is 0 Å². The van der Waals surface area contributed by atoms with E-state index < -0.39 is 53.9 Å². The first-order chi connectivity index (χ1) is 19.8. The average molecular weight is 612 g/mol. The van der Waals surface area contributed by atoms with Crippen molar-refractivity contribution in [3.63, 3.8) is 0 Å². The lowest BCUT2D eigenvalue weighted by molar-refractivity contribution is -0.146. The number of carboxylic acids is 1. The average Bonchev–Trinajstić information content (AvgIpc) is 2.86. The Morgan fingerprint density at radius 1 is 0.535 bits per heavy atom. The van der Waals surface area contributed by atoms with Gasteiger partial charge in [-0.15, -0.1) is 0 Å². The summed E-state index contributed by atoms with van der Waals surface area (Å²) in [7, 11) is 3.23. The largest absolute Gasteiger partial charge is 0.480 e. The number of hydrogen-bond acceptors (Lipinski definition) is 6. The molecule has 4 amide bonds. The van der Waals surface area contributed by atoms with Crippen LogP contribution >= 0.6 is 0 Å². The minimum atomic E-state index is -1.13. The lowest BCUT2D eigenvalue weighted by Crippen LogP contribution is -2.59. The molecular weight excluding hydrogens is 550 g/mol. The minimum absolute atomic E-state index is 0.0362. The number of amides is 4. The quantitative estimate of drug-likeness (QED) is 0.142. The molecule has 0 aliphatic carbocycles. The zero-order valence-electron chi connectivity index (χ0n) is 28.7. The predicted octanol–water partition coefficient (Wildman–Crippen LogP) is 3.17. The molecule has 0 aliphatic rings. The SMILES string of the molecule is CN[C@H](CC(C)C)C(=O)N[C@@H](CC(C)C)C(=O)N[C@H](CC(C)C)C(=O)N(C)[C@H](CC(C)C)C(=O)N[C@@H](CC(C)C)C(=O)O. The van der Waals surface area contributed by atoms with Crippen molar-refractivity contribution in [3.05, 3.63) is 0 Å². The van der Waals surface area contributed by atoms with Crippen LogP contribution in [0.3, 0.4) is 0 Å². The van der Waals surface area contributed by atoms with Crippen LogP contribution in [0.5, 0.6) is 0 Å². The van der Waals surface area contributed by atoms with Crippen LogP contribution in [0, 0.1) is 29.6 Å². The summed E-state index contributed by atoms with van der Waals surface area (Å²) in [4.78, 5) is 67.1. The van der Waals surface area contributed by atoms with Gasteiger partial charge in [0.15, 0.2) is 0 Å². The molecule has 0 fully saturated rings. The van der Waals surface area contributed by atoms with Gasteiger partial charge in [-0.25, -0.2) is 4.79 Å². The van der Waals surface area contributed by atoms with E-state index in [-0.39, 0.29) is 41.9 Å². The van der Waals surface area contributed by atoms with Crippen LogP contribution in [-0.4, -0.2) is 83.9 Å². The smallest absolute Gasteiger partial charge is 0.326 e. The van der Waals surface area contributed by atoms with Crippen molar-refractivity contribution < 1.29 is 29.1 Å². The van der Waals surface area contributed by atoms with E-state index in [0.717, 1.165) is 0 Å². The molecule has 0 rings (SSSR count). The molecule has 0 aromatic carbocycles. The van der Waals surface area contributed by atoms with Crippen molar-refractivity contribution in [2.75, 3.05) is 14.1 Å². The molecule has 0 spiro atoms. The lowest BCUT2D eigenvalue weighted by Gasteiger charge is -2.34. The molecule has 0 saturated heterocycles. The fraction of sp³-hybridized carbons (Fsp3) is 0.844. The first kappa shape index (κ1) is 40.3. The third kappa shape index (κ3) is 15.6. The van der Waals surface area contributed by atoms with Crippen LogP contribution in [-0.2, 0) is 24.0 Å². The van der Waals surface area contributed by atoms with Crippen LogP contribution in [0.4, 0.5) is 0 Å². The molecule has 0 aromatic heterocycles. The molecule has 11 heteroatoms. The first-order valence-electron chi connectivity index (χ1n) is 15.9. The number of rotatable bonds is 20. The van der Waals surface area contributed by atoms with Gasteiger partial charge in [0.2, 0.25) is 23.6 Å². The normalized spacial score (nSPS) is 15.3. The van der Waals surface area contributed by atoms with E-state index in [1.165, 1.54) is 11.9 Å². The number of carboxylic acid groups (broad SMARTS) is 1. The summed E-state index contributed by atoms with van der Waals surface area (Å²) in [5, 5.41) is 21.1. The number of likely N-dealkylation sites (N-methyl/N-ethyl adjacent to an activating group) is 2. The molecule has 0 aliphatic heterocycles. The number of carbonyl (C=O) groups excluding carboxylic acids is 4. The van der Waals surface area contributed by atoms with Gasteiger partial charge in [-0.1, -0.05) is 69.2 Å². The second-order valence-corrected chi connectivity index (χ2v) is 14.0. The number of nitrogens with zero attached hydrogens (tertiary/aromatic N) is 1. The van der Waals surface area contributed by atoms with Crippen LogP contribution in [0.15, 0.2) is 0 Å². The fourth-order valence-electron chi connectivity index (χ4n) is 5.02. The van der Waals surface area contributed by atoms with Gasteiger partial charge in [-0.3, -0.25) is 19.2 Å². The molecule has 250 valence electrons. The number of aliphatic carboxylic acids is 1. The van der Waals surface area contributed by atoms with Gasteiger partial charge in [0.05, 0.1) is 6.04 Å². The van der Waals surface area contributed by atoms with E-state index in [2.05, 4.69) is 21.3 Å². The third-order valence-electron chi connectivity index (χ3n) is 7.17. The molecule has 0 aromatic rings. The van der Waals surface area contributed by atoms with Crippen molar-refractivity contribution in [2.24, 2.45) is 29.6 Å². The summed E-state index contributed by atoms with van der Waals surface area (Å²) in [6, 6.07) is -4.23. The number of nitrogens with one attached hydrogen (secondary N) is 4. The maximum absolute atomic E-state index is 13.9. The predicted molar refractivity (Wildman–Crippen MR) is 170 cm³/mol.